The van der Waals surface area contributed by atoms with Crippen molar-refractivity contribution in [2.75, 3.05) is 16.6 Å². The summed E-state index contributed by atoms with van der Waals surface area (Å²) in [6.45, 7) is 4.53. The molecule has 1 amide bonds. The number of carbonyl (C=O) groups is 1. The lowest BCUT2D eigenvalue weighted by atomic mass is 10.1. The summed E-state index contributed by atoms with van der Waals surface area (Å²) in [5.74, 6) is 0.0222. The molecule has 0 spiro atoms. The standard InChI is InChI=1S/C16H24N2O3S/c1-3-7-13(2)17-16(19)14-8-6-9-15(12-14)18-10-4-5-11-22(18,20)21/h6,8-9,12-13H,3-5,7,10-11H2,1-2H3,(H,17,19)/t13-/m0/s1. The van der Waals surface area contributed by atoms with E-state index in [2.05, 4.69) is 12.2 Å². The number of nitrogens with zero attached hydrogens (tertiary/aromatic N) is 1. The second-order valence-corrected chi connectivity index (χ2v) is 7.82. The van der Waals surface area contributed by atoms with E-state index >= 15 is 0 Å². The molecule has 0 aromatic heterocycles. The maximum absolute atomic E-state index is 12.2. The van der Waals surface area contributed by atoms with E-state index in [1.54, 1.807) is 24.3 Å². The predicted octanol–water partition coefficient (Wildman–Crippen LogP) is 2.54. The van der Waals surface area contributed by atoms with E-state index < -0.39 is 10.0 Å². The van der Waals surface area contributed by atoms with Crippen LogP contribution in [-0.2, 0) is 10.0 Å². The molecule has 1 saturated heterocycles. The molecule has 0 saturated carbocycles. The van der Waals surface area contributed by atoms with Crippen LogP contribution < -0.4 is 9.62 Å². The molecule has 1 heterocycles. The van der Waals surface area contributed by atoms with Crippen LogP contribution in [0.25, 0.3) is 0 Å². The number of hydrogen-bond donors (Lipinski definition) is 1. The number of hydrogen-bond acceptors (Lipinski definition) is 3. The topological polar surface area (TPSA) is 66.5 Å². The first-order valence-electron chi connectivity index (χ1n) is 7.85. The second kappa shape index (κ2) is 7.13. The van der Waals surface area contributed by atoms with Crippen LogP contribution >= 0.6 is 0 Å². The highest BCUT2D eigenvalue weighted by Crippen LogP contribution is 2.24. The molecule has 1 aliphatic rings. The van der Waals surface area contributed by atoms with Gasteiger partial charge in [-0.25, -0.2) is 8.42 Å². The maximum atomic E-state index is 12.2. The van der Waals surface area contributed by atoms with Gasteiger partial charge in [-0.3, -0.25) is 9.10 Å². The Kier molecular flexibility index (Phi) is 5.45. The zero-order valence-corrected chi connectivity index (χ0v) is 14.0. The van der Waals surface area contributed by atoms with Crippen molar-refractivity contribution in [3.05, 3.63) is 29.8 Å². The van der Waals surface area contributed by atoms with Gasteiger partial charge in [0.05, 0.1) is 11.4 Å². The van der Waals surface area contributed by atoms with Gasteiger partial charge in [0, 0.05) is 18.2 Å². The van der Waals surface area contributed by atoms with Crippen LogP contribution in [0, 0.1) is 0 Å². The van der Waals surface area contributed by atoms with Gasteiger partial charge in [0.25, 0.3) is 5.91 Å². The van der Waals surface area contributed by atoms with E-state index in [1.165, 1.54) is 4.31 Å². The lowest BCUT2D eigenvalue weighted by Crippen LogP contribution is -2.38. The normalized spacial score (nSPS) is 18.7. The Hall–Kier alpha value is -1.56. The summed E-state index contributed by atoms with van der Waals surface area (Å²) in [5.41, 5.74) is 1.08. The molecular formula is C16H24N2O3S. The molecule has 1 aromatic carbocycles. The minimum atomic E-state index is -3.25. The van der Waals surface area contributed by atoms with Crippen molar-refractivity contribution in [3.8, 4) is 0 Å². The van der Waals surface area contributed by atoms with Gasteiger partial charge < -0.3 is 5.32 Å². The molecule has 0 bridgehead atoms. The van der Waals surface area contributed by atoms with Gasteiger partial charge in [0.1, 0.15) is 0 Å². The highest BCUT2D eigenvalue weighted by atomic mass is 32.2. The summed E-state index contributed by atoms with van der Waals surface area (Å²) in [4.78, 5) is 12.2. The van der Waals surface area contributed by atoms with E-state index in [0.29, 0.717) is 24.2 Å². The molecule has 1 aliphatic heterocycles. The number of rotatable bonds is 5. The number of sulfonamides is 1. The number of nitrogens with one attached hydrogen (secondary N) is 1. The van der Waals surface area contributed by atoms with E-state index in [-0.39, 0.29) is 17.7 Å². The summed E-state index contributed by atoms with van der Waals surface area (Å²) in [6, 6.07) is 6.97. The van der Waals surface area contributed by atoms with Gasteiger partial charge in [-0.15, -0.1) is 0 Å². The van der Waals surface area contributed by atoms with Crippen LogP contribution in [0.15, 0.2) is 24.3 Å². The van der Waals surface area contributed by atoms with Gasteiger partial charge in [0.2, 0.25) is 10.0 Å². The average Bonchev–Trinajstić information content (AvgIpc) is 2.47. The van der Waals surface area contributed by atoms with Crippen molar-refractivity contribution >= 4 is 21.6 Å². The Labute approximate surface area is 132 Å². The van der Waals surface area contributed by atoms with Crippen molar-refractivity contribution in [2.45, 2.75) is 45.6 Å². The van der Waals surface area contributed by atoms with Gasteiger partial charge in [0.15, 0.2) is 0 Å². The summed E-state index contributed by atoms with van der Waals surface area (Å²) in [5, 5.41) is 2.94. The zero-order valence-electron chi connectivity index (χ0n) is 13.2. The van der Waals surface area contributed by atoms with E-state index in [0.717, 1.165) is 19.3 Å². The van der Waals surface area contributed by atoms with Gasteiger partial charge in [-0.05, 0) is 44.4 Å². The summed E-state index contributed by atoms with van der Waals surface area (Å²) in [7, 11) is -3.25. The number of anilines is 1. The molecular weight excluding hydrogens is 300 g/mol. The van der Waals surface area contributed by atoms with Crippen molar-refractivity contribution < 1.29 is 13.2 Å². The molecule has 1 aromatic rings. The van der Waals surface area contributed by atoms with Crippen LogP contribution in [-0.4, -0.2) is 32.7 Å². The van der Waals surface area contributed by atoms with Crippen LogP contribution in [0.4, 0.5) is 5.69 Å². The fourth-order valence-corrected chi connectivity index (χ4v) is 4.32. The molecule has 1 N–H and O–H groups in total. The SMILES string of the molecule is CCC[C@H](C)NC(=O)c1cccc(N2CCCCS2(=O)=O)c1. The molecule has 1 atom stereocenters. The van der Waals surface area contributed by atoms with Crippen molar-refractivity contribution in [1.29, 1.82) is 0 Å². The second-order valence-electron chi connectivity index (χ2n) is 5.81. The van der Waals surface area contributed by atoms with E-state index in [9.17, 15) is 13.2 Å². The lowest BCUT2D eigenvalue weighted by molar-refractivity contribution is 0.0938. The molecule has 0 aliphatic carbocycles. The summed E-state index contributed by atoms with van der Waals surface area (Å²) >= 11 is 0. The Balaban J connectivity index is 2.18. The lowest BCUT2D eigenvalue weighted by Gasteiger charge is -2.28. The first-order valence-corrected chi connectivity index (χ1v) is 9.46. The van der Waals surface area contributed by atoms with Crippen LogP contribution in [0.1, 0.15) is 49.9 Å². The third-order valence-corrected chi connectivity index (χ3v) is 5.71. The van der Waals surface area contributed by atoms with Crippen molar-refractivity contribution in [1.82, 2.24) is 5.32 Å². The smallest absolute Gasteiger partial charge is 0.251 e. The monoisotopic (exact) mass is 324 g/mol. The molecule has 5 nitrogen and oxygen atoms in total. The molecule has 0 unspecified atom stereocenters. The quantitative estimate of drug-likeness (QED) is 0.905. The van der Waals surface area contributed by atoms with E-state index in [1.807, 2.05) is 6.92 Å². The molecule has 0 radical (unpaired) electrons. The molecule has 22 heavy (non-hydrogen) atoms. The predicted molar refractivity (Wildman–Crippen MR) is 88.6 cm³/mol. The van der Waals surface area contributed by atoms with Crippen LogP contribution in [0.2, 0.25) is 0 Å². The highest BCUT2D eigenvalue weighted by Gasteiger charge is 2.26. The van der Waals surface area contributed by atoms with Gasteiger partial charge in [-0.1, -0.05) is 19.4 Å². The summed E-state index contributed by atoms with van der Waals surface area (Å²) < 4.78 is 25.7. The third-order valence-electron chi connectivity index (χ3n) is 3.84. The Morgan fingerprint density at radius 3 is 2.82 bits per heavy atom. The van der Waals surface area contributed by atoms with E-state index in [4.69, 9.17) is 0 Å². The molecule has 122 valence electrons. The van der Waals surface area contributed by atoms with Crippen LogP contribution in [0.5, 0.6) is 0 Å². The third kappa shape index (κ3) is 4.00. The van der Waals surface area contributed by atoms with Gasteiger partial charge >= 0.3 is 0 Å². The Morgan fingerprint density at radius 1 is 1.36 bits per heavy atom. The first-order chi connectivity index (χ1) is 10.4. The Morgan fingerprint density at radius 2 is 2.14 bits per heavy atom. The largest absolute Gasteiger partial charge is 0.350 e. The fraction of sp³-hybridized carbons (Fsp3) is 0.562. The fourth-order valence-electron chi connectivity index (χ4n) is 2.69. The van der Waals surface area contributed by atoms with Crippen molar-refractivity contribution in [3.63, 3.8) is 0 Å². The molecule has 2 rings (SSSR count). The average molecular weight is 324 g/mol. The number of benzene rings is 1. The number of carbonyl (C=O) groups excluding carboxylic acids is 1. The van der Waals surface area contributed by atoms with Crippen LogP contribution in [0.3, 0.4) is 0 Å². The van der Waals surface area contributed by atoms with Gasteiger partial charge in [-0.2, -0.15) is 0 Å². The maximum Gasteiger partial charge on any atom is 0.251 e. The molecule has 6 heteroatoms. The van der Waals surface area contributed by atoms with Crippen molar-refractivity contribution in [2.24, 2.45) is 0 Å². The first kappa shape index (κ1) is 16.8. The zero-order chi connectivity index (χ0) is 16.2. The minimum Gasteiger partial charge on any atom is -0.350 e. The minimum absolute atomic E-state index is 0.111. The highest BCUT2D eigenvalue weighted by molar-refractivity contribution is 7.92. The molecule has 1 fully saturated rings. The number of amides is 1. The Bertz CT molecular complexity index is 628. The summed E-state index contributed by atoms with van der Waals surface area (Å²) in [6.07, 6.45) is 3.48.